The highest BCUT2D eigenvalue weighted by Gasteiger charge is 2.19. The maximum atomic E-state index is 2.54. The summed E-state index contributed by atoms with van der Waals surface area (Å²) in [5, 5.41) is 4.47. The quantitative estimate of drug-likeness (QED) is 0.520. The summed E-state index contributed by atoms with van der Waals surface area (Å²) in [4.78, 5) is 2.54. The molecule has 1 nitrogen and oxygen atoms in total. The van der Waals surface area contributed by atoms with Crippen molar-refractivity contribution in [3.63, 3.8) is 0 Å². The molecule has 25 heavy (non-hydrogen) atoms. The molecule has 2 heteroatoms. The third kappa shape index (κ3) is 3.69. The van der Waals surface area contributed by atoms with E-state index in [1.807, 2.05) is 0 Å². The van der Waals surface area contributed by atoms with E-state index in [4.69, 9.17) is 0 Å². The Bertz CT molecular complexity index is 738. The topological polar surface area (TPSA) is 3.24 Å². The SMILES string of the molecule is c1ccc([SiH](c2ccccc2)c2ccc(N3CCCCC3)cc2)cc1. The summed E-state index contributed by atoms with van der Waals surface area (Å²) in [6, 6.07) is 31.5. The minimum Gasteiger partial charge on any atom is -0.372 e. The molecule has 0 N–H and O–H groups in total. The Morgan fingerprint density at radius 2 is 1.00 bits per heavy atom. The molecule has 0 atom stereocenters. The van der Waals surface area contributed by atoms with Crippen molar-refractivity contribution in [3.05, 3.63) is 84.9 Å². The number of hydrogen-bond donors (Lipinski definition) is 0. The normalized spacial score (nSPS) is 14.7. The van der Waals surface area contributed by atoms with E-state index in [2.05, 4.69) is 89.8 Å². The van der Waals surface area contributed by atoms with Crippen LogP contribution in [-0.4, -0.2) is 21.9 Å². The van der Waals surface area contributed by atoms with Gasteiger partial charge in [0.05, 0.1) is 0 Å². The Balaban J connectivity index is 1.68. The summed E-state index contributed by atoms with van der Waals surface area (Å²) in [5.74, 6) is 0. The Morgan fingerprint density at radius 1 is 0.520 bits per heavy atom. The summed E-state index contributed by atoms with van der Waals surface area (Å²) in [6.07, 6.45) is 4.03. The van der Waals surface area contributed by atoms with Crippen molar-refractivity contribution in [1.29, 1.82) is 0 Å². The van der Waals surface area contributed by atoms with Crippen molar-refractivity contribution in [2.24, 2.45) is 0 Å². The first-order valence-electron chi connectivity index (χ1n) is 9.36. The molecule has 1 aliphatic rings. The first-order chi connectivity index (χ1) is 12.4. The number of piperidine rings is 1. The van der Waals surface area contributed by atoms with Gasteiger partial charge in [0.25, 0.3) is 0 Å². The predicted octanol–water partition coefficient (Wildman–Crippen LogP) is 2.93. The van der Waals surface area contributed by atoms with E-state index >= 15 is 0 Å². The zero-order valence-electron chi connectivity index (χ0n) is 14.6. The maximum absolute atomic E-state index is 2.54. The fourth-order valence-corrected chi connectivity index (χ4v) is 6.84. The molecule has 0 radical (unpaired) electrons. The highest BCUT2D eigenvalue weighted by molar-refractivity contribution is 6.95. The number of nitrogens with zero attached hydrogens (tertiary/aromatic N) is 1. The van der Waals surface area contributed by atoms with E-state index in [9.17, 15) is 0 Å². The van der Waals surface area contributed by atoms with Crippen LogP contribution in [0, 0.1) is 0 Å². The van der Waals surface area contributed by atoms with Gasteiger partial charge in [-0.1, -0.05) is 88.4 Å². The summed E-state index contributed by atoms with van der Waals surface area (Å²) in [7, 11) is -1.39. The van der Waals surface area contributed by atoms with Crippen molar-refractivity contribution in [1.82, 2.24) is 0 Å². The van der Waals surface area contributed by atoms with Gasteiger partial charge in [-0.05, 0) is 31.4 Å². The maximum Gasteiger partial charge on any atom is 0.132 e. The molecular weight excluding hydrogens is 318 g/mol. The van der Waals surface area contributed by atoms with Gasteiger partial charge >= 0.3 is 0 Å². The largest absolute Gasteiger partial charge is 0.372 e. The molecule has 4 rings (SSSR count). The third-order valence-corrected chi connectivity index (χ3v) is 8.37. The van der Waals surface area contributed by atoms with Crippen LogP contribution in [0.25, 0.3) is 0 Å². The van der Waals surface area contributed by atoms with E-state index in [1.165, 1.54) is 53.6 Å². The van der Waals surface area contributed by atoms with Gasteiger partial charge in [0.1, 0.15) is 8.80 Å². The van der Waals surface area contributed by atoms with Gasteiger partial charge in [-0.2, -0.15) is 0 Å². The van der Waals surface area contributed by atoms with Crippen LogP contribution < -0.4 is 20.5 Å². The minimum absolute atomic E-state index is 1.21. The number of hydrogen-bond acceptors (Lipinski definition) is 1. The molecule has 1 saturated heterocycles. The molecule has 1 fully saturated rings. The molecule has 3 aromatic carbocycles. The van der Waals surface area contributed by atoms with Crippen molar-refractivity contribution >= 4 is 30.0 Å². The lowest BCUT2D eigenvalue weighted by atomic mass is 10.1. The van der Waals surface area contributed by atoms with Crippen LogP contribution in [0.1, 0.15) is 19.3 Å². The van der Waals surface area contributed by atoms with Crippen LogP contribution in [0.3, 0.4) is 0 Å². The Labute approximate surface area is 152 Å². The van der Waals surface area contributed by atoms with Crippen LogP contribution in [0.2, 0.25) is 0 Å². The lowest BCUT2D eigenvalue weighted by Crippen LogP contribution is -2.51. The van der Waals surface area contributed by atoms with Crippen LogP contribution >= 0.6 is 0 Å². The average Bonchev–Trinajstić information content (AvgIpc) is 2.71. The lowest BCUT2D eigenvalue weighted by Gasteiger charge is -2.29. The predicted molar refractivity (Wildman–Crippen MR) is 111 cm³/mol. The lowest BCUT2D eigenvalue weighted by molar-refractivity contribution is 0.578. The molecule has 0 amide bonds. The molecule has 3 aromatic rings. The molecule has 1 heterocycles. The van der Waals surface area contributed by atoms with Crippen LogP contribution in [0.5, 0.6) is 0 Å². The van der Waals surface area contributed by atoms with E-state index in [0.717, 1.165) is 0 Å². The fraction of sp³-hybridized carbons (Fsp3) is 0.217. The summed E-state index contributed by atoms with van der Waals surface area (Å²) >= 11 is 0. The molecule has 0 unspecified atom stereocenters. The van der Waals surface area contributed by atoms with Gasteiger partial charge in [-0.3, -0.25) is 0 Å². The van der Waals surface area contributed by atoms with Gasteiger partial charge < -0.3 is 4.90 Å². The first-order valence-corrected chi connectivity index (χ1v) is 11.1. The second-order valence-electron chi connectivity index (χ2n) is 6.89. The first kappa shape index (κ1) is 16.2. The van der Waals surface area contributed by atoms with Gasteiger partial charge in [0, 0.05) is 18.8 Å². The average molecular weight is 344 g/mol. The van der Waals surface area contributed by atoms with Gasteiger partial charge in [0.15, 0.2) is 0 Å². The fourth-order valence-electron chi connectivity index (χ4n) is 3.90. The number of anilines is 1. The summed E-state index contributed by atoms with van der Waals surface area (Å²) in [6.45, 7) is 2.41. The minimum atomic E-state index is -1.39. The molecule has 126 valence electrons. The molecule has 0 saturated carbocycles. The van der Waals surface area contributed by atoms with Crippen molar-refractivity contribution < 1.29 is 0 Å². The molecule has 0 aromatic heterocycles. The Kier molecular flexibility index (Phi) is 4.98. The van der Waals surface area contributed by atoms with Crippen LogP contribution in [-0.2, 0) is 0 Å². The molecule has 1 aliphatic heterocycles. The smallest absolute Gasteiger partial charge is 0.132 e. The number of benzene rings is 3. The van der Waals surface area contributed by atoms with E-state index in [1.54, 1.807) is 0 Å². The van der Waals surface area contributed by atoms with Crippen LogP contribution in [0.4, 0.5) is 5.69 Å². The molecular formula is C23H25NSi. The van der Waals surface area contributed by atoms with Gasteiger partial charge in [-0.25, -0.2) is 0 Å². The zero-order chi connectivity index (χ0) is 16.9. The van der Waals surface area contributed by atoms with Crippen molar-refractivity contribution in [2.75, 3.05) is 18.0 Å². The van der Waals surface area contributed by atoms with Crippen molar-refractivity contribution in [2.45, 2.75) is 19.3 Å². The monoisotopic (exact) mass is 343 g/mol. The molecule has 0 bridgehead atoms. The zero-order valence-corrected chi connectivity index (χ0v) is 15.8. The van der Waals surface area contributed by atoms with Gasteiger partial charge in [-0.15, -0.1) is 0 Å². The standard InChI is InChI=1S/C23H25NSi/c1-4-10-21(11-5-1)25(22-12-6-2-7-13-22)23-16-14-20(15-17-23)24-18-8-3-9-19-24/h1-2,4-7,10-17,25H,3,8-9,18-19H2. The second kappa shape index (κ2) is 7.71. The number of rotatable bonds is 4. The summed E-state index contributed by atoms with van der Waals surface area (Å²) in [5.41, 5.74) is 1.39. The van der Waals surface area contributed by atoms with Crippen LogP contribution in [0.15, 0.2) is 84.9 Å². The molecule has 0 aliphatic carbocycles. The van der Waals surface area contributed by atoms with Crippen molar-refractivity contribution in [3.8, 4) is 0 Å². The Hall–Kier alpha value is -2.32. The molecule has 0 spiro atoms. The van der Waals surface area contributed by atoms with E-state index in [0.29, 0.717) is 0 Å². The van der Waals surface area contributed by atoms with E-state index < -0.39 is 8.80 Å². The highest BCUT2D eigenvalue weighted by atomic mass is 28.3. The van der Waals surface area contributed by atoms with E-state index in [-0.39, 0.29) is 0 Å². The third-order valence-electron chi connectivity index (χ3n) is 5.21. The highest BCUT2D eigenvalue weighted by Crippen LogP contribution is 2.18. The Morgan fingerprint density at radius 3 is 1.52 bits per heavy atom. The van der Waals surface area contributed by atoms with Gasteiger partial charge in [0.2, 0.25) is 0 Å². The second-order valence-corrected chi connectivity index (χ2v) is 9.76. The summed E-state index contributed by atoms with van der Waals surface area (Å²) < 4.78 is 0.